The van der Waals surface area contributed by atoms with Crippen LogP contribution in [0.3, 0.4) is 0 Å². The largest absolute Gasteiger partial charge is 0.297 e. The van der Waals surface area contributed by atoms with Gasteiger partial charge in [-0.2, -0.15) is 0 Å². The van der Waals surface area contributed by atoms with Gasteiger partial charge in [0.05, 0.1) is 0 Å². The molecule has 0 N–H and O–H groups in total. The summed E-state index contributed by atoms with van der Waals surface area (Å²) in [5.41, 5.74) is 0. The van der Waals surface area contributed by atoms with Gasteiger partial charge in [-0.25, -0.2) is 0 Å². The summed E-state index contributed by atoms with van der Waals surface area (Å²) >= 11 is 0. The zero-order valence-electron chi connectivity index (χ0n) is 6.89. The Morgan fingerprint density at radius 1 is 1.33 bits per heavy atom. The van der Waals surface area contributed by atoms with E-state index in [4.69, 9.17) is 0 Å². The van der Waals surface area contributed by atoms with E-state index in [0.29, 0.717) is 0 Å². The first-order valence-corrected chi connectivity index (χ1v) is 3.36. The number of rotatable bonds is 1. The monoisotopic (exact) mass is 127 g/mol. The van der Waals surface area contributed by atoms with Crippen LogP contribution in [0.4, 0.5) is 0 Å². The number of nitrogens with zero attached hydrogens (tertiary/aromatic N) is 1. The lowest BCUT2D eigenvalue weighted by atomic mass is 10.6. The van der Waals surface area contributed by atoms with Crippen molar-refractivity contribution in [1.29, 1.82) is 0 Å². The first-order valence-electron chi connectivity index (χ1n) is 3.36. The van der Waals surface area contributed by atoms with Crippen LogP contribution in [-0.4, -0.2) is 13.3 Å². The van der Waals surface area contributed by atoms with E-state index < -0.39 is 0 Å². The Hall–Kier alpha value is -0.590. The van der Waals surface area contributed by atoms with Crippen LogP contribution >= 0.6 is 0 Å². The summed E-state index contributed by atoms with van der Waals surface area (Å²) in [6, 6.07) is 0. The molecule has 0 atom stereocenters. The van der Waals surface area contributed by atoms with Gasteiger partial charge in [0.25, 0.3) is 0 Å². The maximum Gasteiger partial charge on any atom is 0.0277 e. The zero-order valence-corrected chi connectivity index (χ0v) is 6.89. The third-order valence-corrected chi connectivity index (χ3v) is 0.428. The fourth-order valence-electron chi connectivity index (χ4n) is 0.172. The summed E-state index contributed by atoms with van der Waals surface area (Å²) < 4.78 is 0. The van der Waals surface area contributed by atoms with Crippen molar-refractivity contribution in [3.8, 4) is 0 Å². The average molecular weight is 127 g/mol. The van der Waals surface area contributed by atoms with E-state index in [1.807, 2.05) is 19.1 Å². The van der Waals surface area contributed by atoms with E-state index in [-0.39, 0.29) is 0 Å². The average Bonchev–Trinajstić information content (AvgIpc) is 1.86. The third-order valence-electron chi connectivity index (χ3n) is 0.428. The van der Waals surface area contributed by atoms with Gasteiger partial charge in [0.15, 0.2) is 0 Å². The van der Waals surface area contributed by atoms with Crippen LogP contribution in [0.1, 0.15) is 27.2 Å². The fourth-order valence-corrected chi connectivity index (χ4v) is 0.172. The topological polar surface area (TPSA) is 12.4 Å². The first kappa shape index (κ1) is 11.2. The molecule has 0 aliphatic rings. The molecule has 0 heterocycles. The molecule has 1 heteroatoms. The molecule has 0 bridgehead atoms. The number of hydrogen-bond acceptors (Lipinski definition) is 1. The van der Waals surface area contributed by atoms with Crippen molar-refractivity contribution < 1.29 is 0 Å². The quantitative estimate of drug-likeness (QED) is 0.480. The van der Waals surface area contributed by atoms with Crippen LogP contribution in [0.5, 0.6) is 0 Å². The lowest BCUT2D eigenvalue weighted by Crippen LogP contribution is -1.56. The molecule has 0 fully saturated rings. The van der Waals surface area contributed by atoms with Gasteiger partial charge in [-0.3, -0.25) is 4.99 Å². The van der Waals surface area contributed by atoms with Gasteiger partial charge in [-0.15, -0.1) is 0 Å². The highest BCUT2D eigenvalue weighted by Gasteiger charge is 1.49. The van der Waals surface area contributed by atoms with Crippen molar-refractivity contribution in [2.24, 2.45) is 4.99 Å². The standard InChI is InChI=1S/C5H9N.C3H8/c1-3-4-5-6-2;1-3-2/h3-5H,1-2H3;3H2,1-2H3/b4-3-,6-5?;. The van der Waals surface area contributed by atoms with E-state index in [1.165, 1.54) is 6.42 Å². The minimum atomic E-state index is 1.25. The summed E-state index contributed by atoms with van der Waals surface area (Å²) in [6.07, 6.45) is 6.83. The van der Waals surface area contributed by atoms with Crippen LogP contribution in [-0.2, 0) is 0 Å². The van der Waals surface area contributed by atoms with Crippen molar-refractivity contribution in [2.45, 2.75) is 27.2 Å². The molecule has 0 aromatic heterocycles. The molecule has 0 unspecified atom stereocenters. The van der Waals surface area contributed by atoms with Crippen LogP contribution in [0.2, 0.25) is 0 Å². The van der Waals surface area contributed by atoms with Gasteiger partial charge >= 0.3 is 0 Å². The van der Waals surface area contributed by atoms with E-state index >= 15 is 0 Å². The molecule has 0 radical (unpaired) electrons. The number of aliphatic imine (C=N–C) groups is 1. The Balaban J connectivity index is 0. The molecule has 0 spiro atoms. The van der Waals surface area contributed by atoms with Gasteiger partial charge in [0.2, 0.25) is 0 Å². The second-order valence-electron chi connectivity index (χ2n) is 1.64. The van der Waals surface area contributed by atoms with Crippen molar-refractivity contribution in [2.75, 3.05) is 7.05 Å². The third kappa shape index (κ3) is 37.3. The Labute approximate surface area is 58.5 Å². The highest BCUT2D eigenvalue weighted by Crippen LogP contribution is 1.60. The first-order chi connectivity index (χ1) is 4.33. The Morgan fingerprint density at radius 2 is 1.78 bits per heavy atom. The molecule has 9 heavy (non-hydrogen) atoms. The lowest BCUT2D eigenvalue weighted by Gasteiger charge is -1.63. The van der Waals surface area contributed by atoms with E-state index in [9.17, 15) is 0 Å². The van der Waals surface area contributed by atoms with E-state index in [0.717, 1.165) is 0 Å². The van der Waals surface area contributed by atoms with Crippen molar-refractivity contribution >= 4 is 6.21 Å². The van der Waals surface area contributed by atoms with E-state index in [1.54, 1.807) is 13.3 Å². The van der Waals surface area contributed by atoms with Crippen molar-refractivity contribution in [3.63, 3.8) is 0 Å². The van der Waals surface area contributed by atoms with Crippen LogP contribution in [0.15, 0.2) is 17.1 Å². The minimum Gasteiger partial charge on any atom is -0.297 e. The van der Waals surface area contributed by atoms with Gasteiger partial charge in [-0.05, 0) is 13.0 Å². The maximum atomic E-state index is 3.71. The molecular formula is C8H17N. The molecular weight excluding hydrogens is 110 g/mol. The van der Waals surface area contributed by atoms with Gasteiger partial charge < -0.3 is 0 Å². The van der Waals surface area contributed by atoms with Crippen LogP contribution < -0.4 is 0 Å². The van der Waals surface area contributed by atoms with Gasteiger partial charge in [0.1, 0.15) is 0 Å². The minimum absolute atomic E-state index is 1.25. The summed E-state index contributed by atoms with van der Waals surface area (Å²) in [6.45, 7) is 6.21. The SMILES string of the molecule is C/C=C\C=NC.CCC. The summed E-state index contributed by atoms with van der Waals surface area (Å²) in [7, 11) is 1.75. The normalized spacial score (nSPS) is 9.78. The van der Waals surface area contributed by atoms with Crippen molar-refractivity contribution in [3.05, 3.63) is 12.2 Å². The highest BCUT2D eigenvalue weighted by atomic mass is 14.6. The highest BCUT2D eigenvalue weighted by molar-refractivity contribution is 5.70. The number of allylic oxidation sites excluding steroid dienone is 2. The smallest absolute Gasteiger partial charge is 0.0277 e. The summed E-state index contributed by atoms with van der Waals surface area (Å²) in [5.74, 6) is 0. The molecule has 0 saturated carbocycles. The van der Waals surface area contributed by atoms with Crippen LogP contribution in [0, 0.1) is 0 Å². The summed E-state index contributed by atoms with van der Waals surface area (Å²) in [4.78, 5) is 3.71. The fraction of sp³-hybridized carbons (Fsp3) is 0.625. The zero-order chi connectivity index (χ0) is 7.54. The molecule has 0 aromatic carbocycles. The second-order valence-corrected chi connectivity index (χ2v) is 1.64. The summed E-state index contributed by atoms with van der Waals surface area (Å²) in [5, 5.41) is 0. The lowest BCUT2D eigenvalue weighted by molar-refractivity contribution is 1.09. The molecule has 0 aliphatic carbocycles. The predicted molar refractivity (Wildman–Crippen MR) is 45.2 cm³/mol. The van der Waals surface area contributed by atoms with Crippen LogP contribution in [0.25, 0.3) is 0 Å². The Kier molecular flexibility index (Phi) is 19.5. The molecule has 1 nitrogen and oxygen atoms in total. The molecule has 0 aromatic rings. The molecule has 0 aliphatic heterocycles. The van der Waals surface area contributed by atoms with Crippen molar-refractivity contribution in [1.82, 2.24) is 0 Å². The second kappa shape index (κ2) is 15.7. The van der Waals surface area contributed by atoms with E-state index in [2.05, 4.69) is 18.8 Å². The Bertz CT molecular complexity index is 62.6. The van der Waals surface area contributed by atoms with Gasteiger partial charge in [-0.1, -0.05) is 26.3 Å². The Morgan fingerprint density at radius 3 is 1.89 bits per heavy atom. The predicted octanol–water partition coefficient (Wildman–Crippen LogP) is 2.68. The van der Waals surface area contributed by atoms with Gasteiger partial charge in [0, 0.05) is 13.3 Å². The molecule has 0 amide bonds. The molecule has 0 rings (SSSR count). The maximum absolute atomic E-state index is 3.71. The molecule has 54 valence electrons. The number of hydrogen-bond donors (Lipinski definition) is 0. The molecule has 0 saturated heterocycles.